The molecule has 1 aliphatic rings. The average Bonchev–Trinajstić information content (AvgIpc) is 2.39. The van der Waals surface area contributed by atoms with Crippen molar-refractivity contribution in [1.29, 1.82) is 0 Å². The van der Waals surface area contributed by atoms with Crippen LogP contribution in [0.2, 0.25) is 0 Å². The molecule has 0 aromatic heterocycles. The third kappa shape index (κ3) is 1.80. The van der Waals surface area contributed by atoms with E-state index in [2.05, 4.69) is 18.2 Å². The van der Waals surface area contributed by atoms with Crippen LogP contribution in [0, 0.1) is 0 Å². The summed E-state index contributed by atoms with van der Waals surface area (Å²) in [4.78, 5) is 13.9. The quantitative estimate of drug-likeness (QED) is 0.728. The summed E-state index contributed by atoms with van der Waals surface area (Å²) < 4.78 is 0. The molecule has 1 amide bonds. The van der Waals surface area contributed by atoms with Gasteiger partial charge in [0.05, 0.1) is 5.69 Å². The molecule has 2 nitrogen and oxygen atoms in total. The van der Waals surface area contributed by atoms with E-state index in [0.717, 1.165) is 25.1 Å². The van der Waals surface area contributed by atoms with Gasteiger partial charge in [0.1, 0.15) is 0 Å². The molecule has 0 unspecified atom stereocenters. The van der Waals surface area contributed by atoms with E-state index in [-0.39, 0.29) is 5.91 Å². The van der Waals surface area contributed by atoms with E-state index in [1.165, 1.54) is 10.8 Å². The van der Waals surface area contributed by atoms with Crippen LogP contribution in [-0.2, 0) is 4.79 Å². The summed E-state index contributed by atoms with van der Waals surface area (Å²) in [6, 6.07) is 14.4. The predicted molar refractivity (Wildman–Crippen MR) is 70.2 cm³/mol. The van der Waals surface area contributed by atoms with Gasteiger partial charge in [-0.2, -0.15) is 0 Å². The minimum absolute atomic E-state index is 0.257. The van der Waals surface area contributed by atoms with E-state index in [0.29, 0.717) is 6.42 Å². The van der Waals surface area contributed by atoms with E-state index >= 15 is 0 Å². The number of hydrogen-bond acceptors (Lipinski definition) is 1. The monoisotopic (exact) mass is 225 g/mol. The number of hydrogen-bond donors (Lipinski definition) is 0. The molecule has 17 heavy (non-hydrogen) atoms. The maximum atomic E-state index is 12.0. The Morgan fingerprint density at radius 3 is 2.65 bits per heavy atom. The van der Waals surface area contributed by atoms with E-state index in [9.17, 15) is 4.79 Å². The molecule has 1 aliphatic heterocycles. The Morgan fingerprint density at radius 1 is 0.941 bits per heavy atom. The molecule has 1 heterocycles. The maximum absolute atomic E-state index is 12.0. The number of rotatable bonds is 1. The van der Waals surface area contributed by atoms with Crippen LogP contribution in [0.5, 0.6) is 0 Å². The van der Waals surface area contributed by atoms with Crippen LogP contribution in [-0.4, -0.2) is 12.5 Å². The van der Waals surface area contributed by atoms with E-state index in [1.54, 1.807) is 0 Å². The smallest absolute Gasteiger partial charge is 0.226 e. The first kappa shape index (κ1) is 10.3. The summed E-state index contributed by atoms with van der Waals surface area (Å²) in [5, 5.41) is 2.37. The summed E-state index contributed by atoms with van der Waals surface area (Å²) in [5.74, 6) is 0.257. The molecular formula is C15H15NO. The highest BCUT2D eigenvalue weighted by Gasteiger charge is 2.20. The molecule has 0 saturated carbocycles. The van der Waals surface area contributed by atoms with Gasteiger partial charge in [-0.05, 0) is 24.3 Å². The van der Waals surface area contributed by atoms with Gasteiger partial charge in [0.25, 0.3) is 0 Å². The van der Waals surface area contributed by atoms with Crippen molar-refractivity contribution in [3.05, 3.63) is 42.5 Å². The molecule has 2 aromatic carbocycles. The first-order valence-corrected chi connectivity index (χ1v) is 6.14. The van der Waals surface area contributed by atoms with E-state index in [4.69, 9.17) is 0 Å². The van der Waals surface area contributed by atoms with Crippen molar-refractivity contribution in [1.82, 2.24) is 0 Å². The number of anilines is 1. The van der Waals surface area contributed by atoms with E-state index in [1.807, 2.05) is 29.2 Å². The zero-order valence-electron chi connectivity index (χ0n) is 9.73. The van der Waals surface area contributed by atoms with Crippen LogP contribution in [0.4, 0.5) is 5.69 Å². The van der Waals surface area contributed by atoms with Crippen LogP contribution in [0.25, 0.3) is 10.8 Å². The van der Waals surface area contributed by atoms with Gasteiger partial charge in [0, 0.05) is 18.4 Å². The number of carbonyl (C=O) groups excluding carboxylic acids is 1. The highest BCUT2D eigenvalue weighted by atomic mass is 16.2. The van der Waals surface area contributed by atoms with Gasteiger partial charge in [-0.1, -0.05) is 36.4 Å². The molecule has 86 valence electrons. The molecule has 2 heteroatoms. The normalized spacial score (nSPS) is 16.5. The fraction of sp³-hybridized carbons (Fsp3) is 0.267. The largest absolute Gasteiger partial charge is 0.312 e. The molecule has 0 radical (unpaired) electrons. The minimum Gasteiger partial charge on any atom is -0.312 e. The van der Waals surface area contributed by atoms with Gasteiger partial charge in [0.2, 0.25) is 5.91 Å². The standard InChI is InChI=1S/C15H15NO/c17-15-10-3-4-11-16(15)14-9-5-7-12-6-1-2-8-13(12)14/h1-2,5-9H,3-4,10-11H2. The number of nitrogens with zero attached hydrogens (tertiary/aromatic N) is 1. The van der Waals surface area contributed by atoms with Gasteiger partial charge in [0.15, 0.2) is 0 Å². The Morgan fingerprint density at radius 2 is 1.76 bits per heavy atom. The molecule has 1 fully saturated rings. The first-order valence-electron chi connectivity index (χ1n) is 6.14. The second-order valence-corrected chi connectivity index (χ2v) is 4.50. The SMILES string of the molecule is O=C1CCCCN1c1cccc2ccccc12. The highest BCUT2D eigenvalue weighted by molar-refractivity contribution is 6.03. The number of amides is 1. The van der Waals surface area contributed by atoms with Crippen LogP contribution in [0.3, 0.4) is 0 Å². The first-order chi connectivity index (χ1) is 8.36. The lowest BCUT2D eigenvalue weighted by molar-refractivity contribution is -0.119. The summed E-state index contributed by atoms with van der Waals surface area (Å²) in [5.41, 5.74) is 1.06. The van der Waals surface area contributed by atoms with Crippen LogP contribution in [0.15, 0.2) is 42.5 Å². The second-order valence-electron chi connectivity index (χ2n) is 4.50. The lowest BCUT2D eigenvalue weighted by Crippen LogP contribution is -2.35. The van der Waals surface area contributed by atoms with Crippen molar-refractivity contribution in [3.63, 3.8) is 0 Å². The van der Waals surface area contributed by atoms with Gasteiger partial charge in [-0.15, -0.1) is 0 Å². The Kier molecular flexibility index (Phi) is 2.56. The van der Waals surface area contributed by atoms with Gasteiger partial charge in [-0.25, -0.2) is 0 Å². The highest BCUT2D eigenvalue weighted by Crippen LogP contribution is 2.29. The van der Waals surface area contributed by atoms with Gasteiger partial charge >= 0.3 is 0 Å². The molecular weight excluding hydrogens is 210 g/mol. The number of benzene rings is 2. The van der Waals surface area contributed by atoms with Crippen molar-refractivity contribution < 1.29 is 4.79 Å². The van der Waals surface area contributed by atoms with Crippen LogP contribution < -0.4 is 4.90 Å². The third-order valence-corrected chi connectivity index (χ3v) is 3.38. The molecule has 2 aromatic rings. The molecule has 1 saturated heterocycles. The molecule has 3 rings (SSSR count). The van der Waals surface area contributed by atoms with Crippen molar-refractivity contribution >= 4 is 22.4 Å². The Balaban J connectivity index is 2.13. The summed E-state index contributed by atoms with van der Waals surface area (Å²) in [6.07, 6.45) is 2.82. The van der Waals surface area contributed by atoms with E-state index < -0.39 is 0 Å². The molecule has 0 spiro atoms. The van der Waals surface area contributed by atoms with Crippen LogP contribution >= 0.6 is 0 Å². The predicted octanol–water partition coefficient (Wildman–Crippen LogP) is 3.36. The summed E-state index contributed by atoms with van der Waals surface area (Å²) in [6.45, 7) is 0.854. The van der Waals surface area contributed by atoms with Crippen LogP contribution in [0.1, 0.15) is 19.3 Å². The fourth-order valence-electron chi connectivity index (χ4n) is 2.50. The minimum atomic E-state index is 0.257. The van der Waals surface area contributed by atoms with Crippen molar-refractivity contribution in [2.45, 2.75) is 19.3 Å². The lowest BCUT2D eigenvalue weighted by Gasteiger charge is -2.27. The molecule has 0 bridgehead atoms. The summed E-state index contributed by atoms with van der Waals surface area (Å²) >= 11 is 0. The third-order valence-electron chi connectivity index (χ3n) is 3.38. The maximum Gasteiger partial charge on any atom is 0.226 e. The van der Waals surface area contributed by atoms with Gasteiger partial charge in [-0.3, -0.25) is 4.79 Å². The number of piperidine rings is 1. The molecule has 0 atom stereocenters. The van der Waals surface area contributed by atoms with Gasteiger partial charge < -0.3 is 4.90 Å². The average molecular weight is 225 g/mol. The number of fused-ring (bicyclic) bond motifs is 1. The van der Waals surface area contributed by atoms with Crippen molar-refractivity contribution in [3.8, 4) is 0 Å². The van der Waals surface area contributed by atoms with Crippen molar-refractivity contribution in [2.75, 3.05) is 11.4 Å². The molecule has 0 aliphatic carbocycles. The second kappa shape index (κ2) is 4.21. The fourth-order valence-corrected chi connectivity index (χ4v) is 2.50. The topological polar surface area (TPSA) is 20.3 Å². The lowest BCUT2D eigenvalue weighted by atomic mass is 10.0. The Hall–Kier alpha value is -1.83. The Labute approximate surface area is 101 Å². The zero-order chi connectivity index (χ0) is 11.7. The summed E-state index contributed by atoms with van der Waals surface area (Å²) in [7, 11) is 0. The van der Waals surface area contributed by atoms with Crippen molar-refractivity contribution in [2.24, 2.45) is 0 Å². The molecule has 0 N–H and O–H groups in total. The number of carbonyl (C=O) groups is 1. The zero-order valence-corrected chi connectivity index (χ0v) is 9.73. The Bertz CT molecular complexity index is 556.